The van der Waals surface area contributed by atoms with Crippen molar-refractivity contribution in [1.29, 1.82) is 0 Å². The van der Waals surface area contributed by atoms with Crippen molar-refractivity contribution in [3.05, 3.63) is 45.3 Å². The van der Waals surface area contributed by atoms with Crippen molar-refractivity contribution in [2.24, 2.45) is 0 Å². The zero-order chi connectivity index (χ0) is 20.9. The Kier molecular flexibility index (Phi) is 7.28. The van der Waals surface area contributed by atoms with E-state index < -0.39 is 16.1 Å². The maximum absolute atomic E-state index is 12.4. The zero-order valence-electron chi connectivity index (χ0n) is 15.5. The Morgan fingerprint density at radius 2 is 1.96 bits per heavy atom. The largest absolute Gasteiger partial charge is 0.496 e. The van der Waals surface area contributed by atoms with E-state index in [1.54, 1.807) is 25.1 Å². The minimum Gasteiger partial charge on any atom is -0.496 e. The van der Waals surface area contributed by atoms with Gasteiger partial charge in [0, 0.05) is 23.5 Å². The average molecular weight is 446 g/mol. The lowest BCUT2D eigenvalue weighted by Crippen LogP contribution is -2.37. The summed E-state index contributed by atoms with van der Waals surface area (Å²) in [6.07, 6.45) is 0.426. The molecule has 0 fully saturated rings. The normalized spacial score (nSPS) is 11.0. The molecule has 0 saturated carbocycles. The summed E-state index contributed by atoms with van der Waals surface area (Å²) in [6.45, 7) is 1.94. The van der Waals surface area contributed by atoms with Gasteiger partial charge in [0.15, 0.2) is 0 Å². The van der Waals surface area contributed by atoms with Crippen LogP contribution in [0.4, 0.5) is 4.79 Å². The summed E-state index contributed by atoms with van der Waals surface area (Å²) in [4.78, 5) is 24.4. The molecule has 0 radical (unpaired) electrons. The van der Waals surface area contributed by atoms with Crippen LogP contribution < -0.4 is 20.1 Å². The lowest BCUT2D eigenvalue weighted by molar-refractivity contribution is 0.0951. The molecule has 28 heavy (non-hydrogen) atoms. The van der Waals surface area contributed by atoms with Gasteiger partial charge in [0.2, 0.25) is 0 Å². The Labute approximate surface area is 172 Å². The van der Waals surface area contributed by atoms with E-state index in [-0.39, 0.29) is 16.7 Å². The van der Waals surface area contributed by atoms with Crippen LogP contribution in [-0.2, 0) is 16.4 Å². The van der Waals surface area contributed by atoms with Crippen LogP contribution >= 0.6 is 22.9 Å². The molecule has 0 atom stereocenters. The van der Waals surface area contributed by atoms with Gasteiger partial charge in [-0.1, -0.05) is 11.6 Å². The minimum absolute atomic E-state index is 0.0638. The smallest absolute Gasteiger partial charge is 0.328 e. The lowest BCUT2D eigenvalue weighted by atomic mass is 10.2. The molecular formula is C17H20ClN3O5S2. The number of carbonyl (C=O) groups excluding carboxylic acids is 2. The minimum atomic E-state index is -3.94. The molecule has 1 aromatic carbocycles. The van der Waals surface area contributed by atoms with Crippen molar-refractivity contribution < 1.29 is 22.7 Å². The van der Waals surface area contributed by atoms with Gasteiger partial charge >= 0.3 is 6.03 Å². The van der Waals surface area contributed by atoms with Gasteiger partial charge in [0.1, 0.15) is 9.96 Å². The molecule has 2 aromatic rings. The molecule has 3 N–H and O–H groups in total. The van der Waals surface area contributed by atoms with E-state index in [0.29, 0.717) is 28.3 Å². The highest BCUT2D eigenvalue weighted by Gasteiger charge is 2.22. The zero-order valence-corrected chi connectivity index (χ0v) is 17.8. The summed E-state index contributed by atoms with van der Waals surface area (Å²) in [6, 6.07) is 5.66. The van der Waals surface area contributed by atoms with Crippen LogP contribution in [0.1, 0.15) is 20.8 Å². The second-order valence-corrected chi connectivity index (χ2v) is 9.17. The van der Waals surface area contributed by atoms with Crippen LogP contribution in [0.3, 0.4) is 0 Å². The van der Waals surface area contributed by atoms with Gasteiger partial charge in [-0.15, -0.1) is 11.3 Å². The Bertz CT molecular complexity index is 989. The molecule has 152 valence electrons. The van der Waals surface area contributed by atoms with Gasteiger partial charge in [0.25, 0.3) is 15.9 Å². The molecule has 0 spiro atoms. The number of hydrogen-bond donors (Lipinski definition) is 3. The van der Waals surface area contributed by atoms with Crippen molar-refractivity contribution in [2.75, 3.05) is 20.7 Å². The molecule has 8 nitrogen and oxygen atoms in total. The summed E-state index contributed by atoms with van der Waals surface area (Å²) >= 11 is 6.98. The van der Waals surface area contributed by atoms with Crippen LogP contribution in [0.2, 0.25) is 5.02 Å². The summed E-state index contributed by atoms with van der Waals surface area (Å²) in [5.74, 6) is 0.0595. The van der Waals surface area contributed by atoms with E-state index in [1.807, 2.05) is 4.72 Å². The van der Waals surface area contributed by atoms with Gasteiger partial charge in [-0.3, -0.25) is 4.79 Å². The second-order valence-electron chi connectivity index (χ2n) is 5.72. The molecule has 1 heterocycles. The fraction of sp³-hybridized carbons (Fsp3) is 0.294. The molecule has 3 amide bonds. The summed E-state index contributed by atoms with van der Waals surface area (Å²) < 4.78 is 31.6. The van der Waals surface area contributed by atoms with Crippen molar-refractivity contribution >= 4 is 44.9 Å². The third-order valence-electron chi connectivity index (χ3n) is 3.68. The van der Waals surface area contributed by atoms with Gasteiger partial charge < -0.3 is 15.4 Å². The molecular weight excluding hydrogens is 426 g/mol. The molecule has 0 bridgehead atoms. The Balaban J connectivity index is 2.04. The number of rotatable bonds is 7. The topological polar surface area (TPSA) is 114 Å². The first-order valence-electron chi connectivity index (χ1n) is 8.13. The number of methoxy groups -OCH3 is 1. The van der Waals surface area contributed by atoms with Crippen LogP contribution in [0.25, 0.3) is 0 Å². The van der Waals surface area contributed by atoms with Gasteiger partial charge in [-0.2, -0.15) is 0 Å². The molecule has 0 aliphatic carbocycles. The fourth-order valence-corrected chi connectivity index (χ4v) is 5.27. The quantitative estimate of drug-likeness (QED) is 0.605. The fourth-order valence-electron chi connectivity index (χ4n) is 2.39. The number of hydrogen-bond acceptors (Lipinski definition) is 6. The summed E-state index contributed by atoms with van der Waals surface area (Å²) in [5.41, 5.74) is 0.842. The first-order valence-corrected chi connectivity index (χ1v) is 10.8. The number of thiophene rings is 1. The maximum atomic E-state index is 12.4. The number of carbonyl (C=O) groups is 2. The van der Waals surface area contributed by atoms with E-state index in [0.717, 1.165) is 16.2 Å². The molecule has 0 aliphatic heterocycles. The predicted molar refractivity (Wildman–Crippen MR) is 108 cm³/mol. The number of halogens is 1. The number of sulfonamides is 1. The van der Waals surface area contributed by atoms with E-state index in [1.165, 1.54) is 20.2 Å². The van der Waals surface area contributed by atoms with Crippen LogP contribution in [0.5, 0.6) is 5.75 Å². The van der Waals surface area contributed by atoms with Crippen molar-refractivity contribution in [3.8, 4) is 5.75 Å². The van der Waals surface area contributed by atoms with E-state index >= 15 is 0 Å². The highest BCUT2D eigenvalue weighted by Crippen LogP contribution is 2.27. The van der Waals surface area contributed by atoms with Gasteiger partial charge in [-0.25, -0.2) is 17.9 Å². The third kappa shape index (κ3) is 5.37. The van der Waals surface area contributed by atoms with E-state index in [9.17, 15) is 18.0 Å². The molecule has 11 heteroatoms. The maximum Gasteiger partial charge on any atom is 0.328 e. The standard InChI is InChI=1S/C17H20ClN3O5S2/c1-10-8-12(27-16(10)28(24,25)21-17(23)19-2)6-7-20-15(22)13-9-11(18)4-5-14(13)26-3/h4-5,8-9H,6-7H2,1-3H3,(H,20,22)(H2,19,21,23). The first kappa shape index (κ1) is 22.0. The van der Waals surface area contributed by atoms with Crippen molar-refractivity contribution in [3.63, 3.8) is 0 Å². The monoisotopic (exact) mass is 445 g/mol. The van der Waals surface area contributed by atoms with Crippen LogP contribution in [0, 0.1) is 6.92 Å². The molecule has 0 unspecified atom stereocenters. The summed E-state index contributed by atoms with van der Waals surface area (Å²) in [5, 5.41) is 5.37. The van der Waals surface area contributed by atoms with Crippen LogP contribution in [-0.4, -0.2) is 41.1 Å². The number of amides is 3. The SMILES string of the molecule is CNC(=O)NS(=O)(=O)c1sc(CCNC(=O)c2cc(Cl)ccc2OC)cc1C. The lowest BCUT2D eigenvalue weighted by Gasteiger charge is -2.09. The van der Waals surface area contributed by atoms with Crippen molar-refractivity contribution in [2.45, 2.75) is 17.6 Å². The summed E-state index contributed by atoms with van der Waals surface area (Å²) in [7, 11) is -1.15. The predicted octanol–water partition coefficient (Wildman–Crippen LogP) is 2.31. The Hall–Kier alpha value is -2.30. The molecule has 1 aromatic heterocycles. The van der Waals surface area contributed by atoms with Crippen molar-refractivity contribution in [1.82, 2.24) is 15.4 Å². The second kappa shape index (κ2) is 9.26. The molecule has 0 saturated heterocycles. The number of benzene rings is 1. The van der Waals surface area contributed by atoms with Crippen LogP contribution in [0.15, 0.2) is 28.5 Å². The highest BCUT2D eigenvalue weighted by molar-refractivity contribution is 7.92. The van der Waals surface area contributed by atoms with Gasteiger partial charge in [0.05, 0.1) is 12.7 Å². The molecule has 0 aliphatic rings. The number of aryl methyl sites for hydroxylation is 1. The van der Waals surface area contributed by atoms with E-state index in [2.05, 4.69) is 10.6 Å². The first-order chi connectivity index (χ1) is 13.2. The van der Waals surface area contributed by atoms with E-state index in [4.69, 9.17) is 16.3 Å². The molecule has 2 rings (SSSR count). The highest BCUT2D eigenvalue weighted by atomic mass is 35.5. The average Bonchev–Trinajstić information content (AvgIpc) is 3.02. The number of urea groups is 1. The Morgan fingerprint density at radius 1 is 1.25 bits per heavy atom. The number of ether oxygens (including phenoxy) is 1. The van der Waals surface area contributed by atoms with Gasteiger partial charge in [-0.05, 0) is 43.2 Å². The number of nitrogens with one attached hydrogen (secondary N) is 3. The third-order valence-corrected chi connectivity index (χ3v) is 7.18. The Morgan fingerprint density at radius 3 is 2.61 bits per heavy atom.